The molecule has 6 atom stereocenters. The summed E-state index contributed by atoms with van der Waals surface area (Å²) in [6.07, 6.45) is 11.5. The van der Waals surface area contributed by atoms with Crippen LogP contribution in [-0.2, 0) is 17.8 Å². The molecule has 1 aromatic heterocycles. The first-order chi connectivity index (χ1) is 19.4. The van der Waals surface area contributed by atoms with Crippen LogP contribution in [0, 0.1) is 11.8 Å². The fourth-order valence-corrected chi connectivity index (χ4v) is 6.42. The van der Waals surface area contributed by atoms with Gasteiger partial charge in [-0.15, -0.1) is 0 Å². The number of benzene rings is 1. The number of rotatable bonds is 10. The third kappa shape index (κ3) is 7.26. The van der Waals surface area contributed by atoms with E-state index in [1.807, 2.05) is 36.5 Å². The minimum absolute atomic E-state index is 0.0953. The molecule has 40 heavy (non-hydrogen) atoms. The van der Waals surface area contributed by atoms with Crippen molar-refractivity contribution in [3.05, 3.63) is 89.3 Å². The number of nitrogens with one attached hydrogen (secondary N) is 1. The Bertz CT molecular complexity index is 1200. The number of pyridine rings is 1. The molecule has 7 nitrogen and oxygen atoms in total. The highest BCUT2D eigenvalue weighted by molar-refractivity contribution is 5.80. The zero-order valence-electron chi connectivity index (χ0n) is 23.8. The summed E-state index contributed by atoms with van der Waals surface area (Å²) in [5, 5.41) is 25.1. The standard InChI is InChI=1S/C33H44N4O3/c1-23-9-11-25(12-10-23)16-28(33(40)35-32-30-8-4-3-7-27(30)18-31(32)39)17-29(38)22-37-15-14-36(20-24(37)2)21-26-6-5-13-34-19-26/h3-9,11-13,19,23-24,28-29,31-32,38-39H,10,14-18,20-22H2,1-2H3,(H,35,40)/t23?,24-,28-,29+,31-,32?/m1/s1. The number of nitrogens with zero attached hydrogens (tertiary/aromatic N) is 3. The lowest BCUT2D eigenvalue weighted by molar-refractivity contribution is -0.127. The molecule has 1 aromatic carbocycles. The average molecular weight is 545 g/mol. The van der Waals surface area contributed by atoms with Crippen molar-refractivity contribution in [1.29, 1.82) is 0 Å². The van der Waals surface area contributed by atoms with E-state index >= 15 is 0 Å². The van der Waals surface area contributed by atoms with Crippen molar-refractivity contribution < 1.29 is 15.0 Å². The third-order valence-corrected chi connectivity index (χ3v) is 8.73. The van der Waals surface area contributed by atoms with Crippen LogP contribution in [0.2, 0.25) is 0 Å². The third-order valence-electron chi connectivity index (χ3n) is 8.73. The number of carbonyl (C=O) groups is 1. The van der Waals surface area contributed by atoms with Gasteiger partial charge >= 0.3 is 0 Å². The van der Waals surface area contributed by atoms with E-state index in [2.05, 4.69) is 58.2 Å². The highest BCUT2D eigenvalue weighted by Crippen LogP contribution is 2.32. The summed E-state index contributed by atoms with van der Waals surface area (Å²) in [5.74, 6) is 0.0357. The number of aromatic nitrogens is 1. The van der Waals surface area contributed by atoms with E-state index in [0.717, 1.165) is 49.3 Å². The largest absolute Gasteiger partial charge is 0.392 e. The maximum absolute atomic E-state index is 13.7. The van der Waals surface area contributed by atoms with E-state index < -0.39 is 18.2 Å². The summed E-state index contributed by atoms with van der Waals surface area (Å²) < 4.78 is 0. The van der Waals surface area contributed by atoms with E-state index in [-0.39, 0.29) is 11.8 Å². The Balaban J connectivity index is 1.20. The predicted molar refractivity (Wildman–Crippen MR) is 157 cm³/mol. The maximum Gasteiger partial charge on any atom is 0.224 e. The van der Waals surface area contributed by atoms with Crippen LogP contribution in [0.3, 0.4) is 0 Å². The van der Waals surface area contributed by atoms with Crippen LogP contribution in [0.1, 0.15) is 55.8 Å². The Morgan fingerprint density at radius 3 is 2.77 bits per heavy atom. The first-order valence-corrected chi connectivity index (χ1v) is 14.8. The van der Waals surface area contributed by atoms with Gasteiger partial charge in [0.2, 0.25) is 5.91 Å². The molecule has 1 amide bonds. The van der Waals surface area contributed by atoms with Crippen molar-refractivity contribution in [2.45, 2.75) is 70.4 Å². The molecule has 1 aliphatic heterocycles. The molecule has 0 radical (unpaired) electrons. The Labute approximate surface area is 238 Å². The van der Waals surface area contributed by atoms with Gasteiger partial charge in [0.15, 0.2) is 0 Å². The Morgan fingerprint density at radius 2 is 2.02 bits per heavy atom. The minimum atomic E-state index is -0.634. The van der Waals surface area contributed by atoms with Gasteiger partial charge in [-0.3, -0.25) is 19.6 Å². The zero-order valence-corrected chi connectivity index (χ0v) is 23.8. The molecule has 3 N–H and O–H groups in total. The number of aliphatic hydroxyl groups is 2. The van der Waals surface area contributed by atoms with Gasteiger partial charge in [-0.1, -0.05) is 61.1 Å². The highest BCUT2D eigenvalue weighted by atomic mass is 16.3. The first kappa shape index (κ1) is 28.7. The SMILES string of the molecule is CC1C=CC(C[C@H](C[C@H](O)CN2CCN(Cc3cccnc3)C[C@H]2C)C(=O)NC2c3ccccc3C[C@H]2O)=CC1. The molecule has 0 bridgehead atoms. The molecule has 5 rings (SSSR count). The second kappa shape index (κ2) is 13.2. The lowest BCUT2D eigenvalue weighted by Crippen LogP contribution is -2.53. The number of carbonyl (C=O) groups excluding carboxylic acids is 1. The number of hydrogen-bond donors (Lipinski definition) is 3. The molecular weight excluding hydrogens is 500 g/mol. The van der Waals surface area contributed by atoms with Crippen LogP contribution < -0.4 is 5.32 Å². The number of hydrogen-bond acceptors (Lipinski definition) is 6. The van der Waals surface area contributed by atoms with E-state index in [4.69, 9.17) is 0 Å². The zero-order chi connectivity index (χ0) is 28.1. The highest BCUT2D eigenvalue weighted by Gasteiger charge is 2.35. The summed E-state index contributed by atoms with van der Waals surface area (Å²) in [7, 11) is 0. The van der Waals surface area contributed by atoms with Gasteiger partial charge < -0.3 is 15.5 Å². The quantitative estimate of drug-likeness (QED) is 0.423. The molecule has 1 saturated heterocycles. The molecule has 2 aliphatic carbocycles. The minimum Gasteiger partial charge on any atom is -0.392 e. The van der Waals surface area contributed by atoms with Gasteiger partial charge in [-0.2, -0.15) is 0 Å². The second-order valence-electron chi connectivity index (χ2n) is 12.0. The number of β-amino-alcohol motifs (C(OH)–C–C–N with tert-alkyl or cyclic N) is 1. The lowest BCUT2D eigenvalue weighted by Gasteiger charge is -2.41. The lowest BCUT2D eigenvalue weighted by atomic mass is 9.88. The molecule has 2 heterocycles. The van der Waals surface area contributed by atoms with Crippen molar-refractivity contribution in [3.63, 3.8) is 0 Å². The van der Waals surface area contributed by atoms with Crippen molar-refractivity contribution in [1.82, 2.24) is 20.1 Å². The fraction of sp³-hybridized carbons (Fsp3) is 0.515. The summed E-state index contributed by atoms with van der Waals surface area (Å²) >= 11 is 0. The topological polar surface area (TPSA) is 88.9 Å². The molecule has 2 aromatic rings. The normalized spacial score (nSPS) is 26.6. The number of fused-ring (bicyclic) bond motifs is 1. The average Bonchev–Trinajstić information content (AvgIpc) is 3.26. The fourth-order valence-electron chi connectivity index (χ4n) is 6.42. The van der Waals surface area contributed by atoms with Crippen LogP contribution >= 0.6 is 0 Å². The smallest absolute Gasteiger partial charge is 0.224 e. The Hall–Kier alpha value is -2.84. The summed E-state index contributed by atoms with van der Waals surface area (Å²) in [5.41, 5.74) is 4.44. The number of allylic oxidation sites excluding steroid dienone is 4. The molecule has 7 heteroatoms. The summed E-state index contributed by atoms with van der Waals surface area (Å²) in [4.78, 5) is 22.7. The first-order valence-electron chi connectivity index (χ1n) is 14.8. The molecule has 3 aliphatic rings. The van der Waals surface area contributed by atoms with Crippen LogP contribution in [0.25, 0.3) is 0 Å². The van der Waals surface area contributed by atoms with Gasteiger partial charge in [-0.05, 0) is 54.9 Å². The van der Waals surface area contributed by atoms with Gasteiger partial charge in [-0.25, -0.2) is 0 Å². The van der Waals surface area contributed by atoms with E-state index in [0.29, 0.717) is 37.8 Å². The Morgan fingerprint density at radius 1 is 1.18 bits per heavy atom. The molecule has 0 spiro atoms. The van der Waals surface area contributed by atoms with Crippen LogP contribution in [0.5, 0.6) is 0 Å². The number of aliphatic hydroxyl groups excluding tert-OH is 2. The number of amides is 1. The van der Waals surface area contributed by atoms with Crippen molar-refractivity contribution in [2.24, 2.45) is 11.8 Å². The van der Waals surface area contributed by atoms with E-state index in [9.17, 15) is 15.0 Å². The molecule has 1 fully saturated rings. The Kier molecular flexibility index (Phi) is 9.48. The summed E-state index contributed by atoms with van der Waals surface area (Å²) in [6.45, 7) is 8.58. The van der Waals surface area contributed by atoms with Crippen molar-refractivity contribution >= 4 is 5.91 Å². The molecular formula is C33H44N4O3. The maximum atomic E-state index is 13.7. The number of piperazine rings is 1. The van der Waals surface area contributed by atoms with Crippen LogP contribution in [0.15, 0.2) is 72.6 Å². The monoisotopic (exact) mass is 544 g/mol. The van der Waals surface area contributed by atoms with E-state index in [1.165, 1.54) is 5.56 Å². The van der Waals surface area contributed by atoms with Crippen molar-refractivity contribution in [3.8, 4) is 0 Å². The second-order valence-corrected chi connectivity index (χ2v) is 12.0. The van der Waals surface area contributed by atoms with Crippen molar-refractivity contribution in [2.75, 3.05) is 26.2 Å². The van der Waals surface area contributed by atoms with Gasteiger partial charge in [0.05, 0.1) is 18.2 Å². The van der Waals surface area contributed by atoms with Crippen LogP contribution in [-0.4, -0.2) is 75.3 Å². The van der Waals surface area contributed by atoms with Crippen LogP contribution in [0.4, 0.5) is 0 Å². The van der Waals surface area contributed by atoms with Gasteiger partial charge in [0.1, 0.15) is 0 Å². The molecule has 2 unspecified atom stereocenters. The molecule has 0 saturated carbocycles. The predicted octanol–water partition coefficient (Wildman–Crippen LogP) is 3.64. The summed E-state index contributed by atoms with van der Waals surface area (Å²) in [6, 6.07) is 11.9. The molecule has 214 valence electrons. The van der Waals surface area contributed by atoms with Gasteiger partial charge in [0, 0.05) is 63.5 Å². The van der Waals surface area contributed by atoms with E-state index in [1.54, 1.807) is 6.20 Å². The van der Waals surface area contributed by atoms with Gasteiger partial charge in [0.25, 0.3) is 0 Å².